The van der Waals surface area contributed by atoms with E-state index < -0.39 is 11.9 Å². The maximum Gasteiger partial charge on any atom is 0.333 e. The molecule has 7 heteroatoms. The predicted molar refractivity (Wildman–Crippen MR) is 142 cm³/mol. The molecule has 4 rings (SSSR count). The Bertz CT molecular complexity index is 1330. The minimum atomic E-state index is -0.539. The number of rotatable bonds is 9. The van der Waals surface area contributed by atoms with Crippen LogP contribution in [-0.4, -0.2) is 18.5 Å². The number of anilines is 1. The topological polar surface area (TPSA) is 67.9 Å². The van der Waals surface area contributed by atoms with Crippen LogP contribution in [0.4, 0.5) is 10.5 Å². The highest BCUT2D eigenvalue weighted by Gasteiger charge is 2.35. The molecule has 1 saturated heterocycles. The number of hydrogen-bond acceptors (Lipinski definition) is 4. The number of urea groups is 1. The molecule has 3 aromatic rings. The average molecular weight is 503 g/mol. The normalized spacial score (nSPS) is 14.2. The first-order valence-electron chi connectivity index (χ1n) is 11.6. The third kappa shape index (κ3) is 5.61. The lowest BCUT2D eigenvalue weighted by molar-refractivity contribution is -0.113. The van der Waals surface area contributed by atoms with Gasteiger partial charge in [-0.05, 0) is 67.8 Å². The summed E-state index contributed by atoms with van der Waals surface area (Å²) in [6.07, 6.45) is 3.95. The molecule has 6 nitrogen and oxygen atoms in total. The Morgan fingerprint density at radius 2 is 1.83 bits per heavy atom. The first-order valence-corrected chi connectivity index (χ1v) is 12.0. The van der Waals surface area contributed by atoms with Crippen molar-refractivity contribution in [3.63, 3.8) is 0 Å². The Kier molecular flexibility index (Phi) is 7.76. The lowest BCUT2D eigenvalue weighted by Crippen LogP contribution is -2.30. The zero-order chi connectivity index (χ0) is 25.7. The van der Waals surface area contributed by atoms with Gasteiger partial charge >= 0.3 is 6.03 Å². The molecule has 1 aliphatic heterocycles. The number of amides is 3. The van der Waals surface area contributed by atoms with Crippen LogP contribution < -0.4 is 19.7 Å². The summed E-state index contributed by atoms with van der Waals surface area (Å²) in [4.78, 5) is 26.7. The molecular weight excluding hydrogens is 476 g/mol. The molecule has 0 aliphatic carbocycles. The molecule has 0 saturated carbocycles. The molecule has 0 unspecified atom stereocenters. The summed E-state index contributed by atoms with van der Waals surface area (Å²) in [6, 6.07) is 17.9. The van der Waals surface area contributed by atoms with Gasteiger partial charge in [-0.3, -0.25) is 4.79 Å². The highest BCUT2D eigenvalue weighted by molar-refractivity contribution is 6.32. The minimum Gasteiger partial charge on any atom is -0.490 e. The van der Waals surface area contributed by atoms with E-state index in [4.69, 9.17) is 21.1 Å². The van der Waals surface area contributed by atoms with E-state index in [1.807, 2.05) is 44.2 Å². The summed E-state index contributed by atoms with van der Waals surface area (Å²) in [5.74, 6) is 0.714. The number of carbonyl (C=O) groups excluding carboxylic acids is 2. The number of aryl methyl sites for hydroxylation is 1. The van der Waals surface area contributed by atoms with Gasteiger partial charge in [0.05, 0.1) is 12.3 Å². The highest BCUT2D eigenvalue weighted by Crippen LogP contribution is 2.36. The van der Waals surface area contributed by atoms with Crippen molar-refractivity contribution in [3.8, 4) is 11.5 Å². The standard InChI is InChI=1S/C29H27ClN2O4/c1-4-7-22-14-21(15-25-28(33)32(29(34)31-25)24-9-6-8-23(30)17-24)16-26(35-5-2)27(22)36-18-20-12-10-19(3)11-13-20/h4,6,8-17H,1,5,7,18H2,2-3H3,(H,31,34)/b25-15+. The lowest BCUT2D eigenvalue weighted by Gasteiger charge is -2.17. The van der Waals surface area contributed by atoms with Gasteiger partial charge in [-0.25, -0.2) is 9.69 Å². The third-order valence-corrected chi connectivity index (χ3v) is 5.81. The Balaban J connectivity index is 1.66. The predicted octanol–water partition coefficient (Wildman–Crippen LogP) is 6.45. The smallest absolute Gasteiger partial charge is 0.333 e. The van der Waals surface area contributed by atoms with Crippen LogP contribution in [0.15, 0.2) is 79.0 Å². The molecule has 184 valence electrons. The Hall–Kier alpha value is -4.03. The summed E-state index contributed by atoms with van der Waals surface area (Å²) < 4.78 is 12.1. The highest BCUT2D eigenvalue weighted by atomic mass is 35.5. The molecule has 36 heavy (non-hydrogen) atoms. The van der Waals surface area contributed by atoms with Gasteiger partial charge in [-0.1, -0.05) is 53.6 Å². The number of nitrogens with zero attached hydrogens (tertiary/aromatic N) is 1. The number of hydrogen-bond donors (Lipinski definition) is 1. The summed E-state index contributed by atoms with van der Waals surface area (Å²) in [5.41, 5.74) is 4.32. The fraction of sp³-hybridized carbons (Fsp3) is 0.172. The Morgan fingerprint density at radius 1 is 1.06 bits per heavy atom. The molecule has 1 N–H and O–H groups in total. The molecule has 0 atom stereocenters. The van der Waals surface area contributed by atoms with E-state index >= 15 is 0 Å². The van der Waals surface area contributed by atoms with Crippen molar-refractivity contribution in [2.45, 2.75) is 26.9 Å². The van der Waals surface area contributed by atoms with Crippen molar-refractivity contribution >= 4 is 35.3 Å². The van der Waals surface area contributed by atoms with Crippen LogP contribution in [0.25, 0.3) is 6.08 Å². The molecule has 1 aliphatic rings. The second-order valence-electron chi connectivity index (χ2n) is 8.32. The summed E-state index contributed by atoms with van der Waals surface area (Å²) in [7, 11) is 0. The van der Waals surface area contributed by atoms with E-state index in [0.717, 1.165) is 16.0 Å². The second kappa shape index (κ2) is 11.1. The number of imide groups is 1. The number of ether oxygens (including phenoxy) is 2. The maximum absolute atomic E-state index is 13.1. The van der Waals surface area contributed by atoms with Crippen LogP contribution in [0.5, 0.6) is 11.5 Å². The van der Waals surface area contributed by atoms with Crippen molar-refractivity contribution in [1.29, 1.82) is 0 Å². The van der Waals surface area contributed by atoms with Gasteiger partial charge < -0.3 is 14.8 Å². The van der Waals surface area contributed by atoms with E-state index in [1.54, 1.807) is 42.5 Å². The van der Waals surface area contributed by atoms with Crippen LogP contribution in [-0.2, 0) is 17.8 Å². The Labute approximate surface area is 215 Å². The summed E-state index contributed by atoms with van der Waals surface area (Å²) in [5, 5.41) is 3.08. The van der Waals surface area contributed by atoms with Crippen LogP contribution in [0.1, 0.15) is 29.2 Å². The van der Waals surface area contributed by atoms with Crippen LogP contribution in [0.2, 0.25) is 5.02 Å². The first kappa shape index (κ1) is 25.1. The molecular formula is C29H27ClN2O4. The first-order chi connectivity index (χ1) is 17.4. The molecule has 0 radical (unpaired) electrons. The van der Waals surface area contributed by atoms with Gasteiger partial charge in [0.15, 0.2) is 11.5 Å². The van der Waals surface area contributed by atoms with Crippen molar-refractivity contribution in [2.75, 3.05) is 11.5 Å². The molecule has 0 spiro atoms. The van der Waals surface area contributed by atoms with Gasteiger partial charge in [0.2, 0.25) is 0 Å². The number of allylic oxidation sites excluding steroid dienone is 1. The van der Waals surface area contributed by atoms with E-state index in [9.17, 15) is 9.59 Å². The number of halogens is 1. The fourth-order valence-corrected chi connectivity index (χ4v) is 4.08. The number of carbonyl (C=O) groups is 2. The van der Waals surface area contributed by atoms with Crippen LogP contribution in [0, 0.1) is 6.92 Å². The van der Waals surface area contributed by atoms with E-state index in [0.29, 0.717) is 47.4 Å². The summed E-state index contributed by atoms with van der Waals surface area (Å²) in [6.45, 7) is 8.62. The van der Waals surface area contributed by atoms with Crippen molar-refractivity contribution in [2.24, 2.45) is 0 Å². The van der Waals surface area contributed by atoms with Crippen LogP contribution in [0.3, 0.4) is 0 Å². The Morgan fingerprint density at radius 3 is 2.53 bits per heavy atom. The third-order valence-electron chi connectivity index (χ3n) is 5.58. The lowest BCUT2D eigenvalue weighted by atomic mass is 10.0. The second-order valence-corrected chi connectivity index (χ2v) is 8.75. The van der Waals surface area contributed by atoms with E-state index in [2.05, 4.69) is 11.9 Å². The van der Waals surface area contributed by atoms with Crippen molar-refractivity contribution in [1.82, 2.24) is 5.32 Å². The largest absolute Gasteiger partial charge is 0.490 e. The van der Waals surface area contributed by atoms with Crippen LogP contribution >= 0.6 is 11.6 Å². The van der Waals surface area contributed by atoms with Gasteiger partial charge in [0.25, 0.3) is 5.91 Å². The molecule has 3 aromatic carbocycles. The average Bonchev–Trinajstić information content (AvgIpc) is 3.12. The van der Waals surface area contributed by atoms with E-state index in [-0.39, 0.29) is 5.70 Å². The van der Waals surface area contributed by atoms with Crippen molar-refractivity contribution in [3.05, 3.63) is 106 Å². The zero-order valence-electron chi connectivity index (χ0n) is 20.2. The van der Waals surface area contributed by atoms with Gasteiger partial charge in [-0.2, -0.15) is 0 Å². The zero-order valence-corrected chi connectivity index (χ0v) is 21.0. The minimum absolute atomic E-state index is 0.153. The quantitative estimate of drug-likeness (QED) is 0.207. The molecule has 0 aromatic heterocycles. The molecule has 0 bridgehead atoms. The fourth-order valence-electron chi connectivity index (χ4n) is 3.89. The molecule has 1 fully saturated rings. The van der Waals surface area contributed by atoms with Crippen molar-refractivity contribution < 1.29 is 19.1 Å². The summed E-state index contributed by atoms with van der Waals surface area (Å²) >= 11 is 6.05. The number of benzene rings is 3. The number of nitrogens with one attached hydrogen (secondary N) is 1. The monoisotopic (exact) mass is 502 g/mol. The maximum atomic E-state index is 13.1. The molecule has 3 amide bonds. The van der Waals surface area contributed by atoms with E-state index in [1.165, 1.54) is 5.56 Å². The van der Waals surface area contributed by atoms with Gasteiger partial charge in [-0.15, -0.1) is 6.58 Å². The van der Waals surface area contributed by atoms with Gasteiger partial charge in [0.1, 0.15) is 12.3 Å². The van der Waals surface area contributed by atoms with Gasteiger partial charge in [0, 0.05) is 10.6 Å². The molecule has 1 heterocycles. The SMILES string of the molecule is C=CCc1cc(/C=C2/NC(=O)N(c3cccc(Cl)c3)C2=O)cc(OCC)c1OCc1ccc(C)cc1.